The standard InChI is InChI=1S/C12H18BrNO3S3/c1-12(2)3-4-14(5-6-18-12)20(16,17)10-7-9(8-15)19-11(10)13/h7,15H,3-6,8H2,1-2H3. The van der Waals surface area contributed by atoms with Crippen molar-refractivity contribution in [1.29, 1.82) is 0 Å². The van der Waals surface area contributed by atoms with Gasteiger partial charge in [-0.25, -0.2) is 8.42 Å². The van der Waals surface area contributed by atoms with Crippen LogP contribution in [0, 0.1) is 0 Å². The van der Waals surface area contributed by atoms with Crippen LogP contribution >= 0.6 is 39.0 Å². The van der Waals surface area contributed by atoms with Crippen LogP contribution in [0.5, 0.6) is 0 Å². The third-order valence-electron chi connectivity index (χ3n) is 3.28. The number of aliphatic hydroxyl groups excluding tert-OH is 1. The average Bonchev–Trinajstić information content (AvgIpc) is 2.64. The van der Waals surface area contributed by atoms with E-state index in [-0.39, 0.29) is 16.2 Å². The summed E-state index contributed by atoms with van der Waals surface area (Å²) >= 11 is 6.38. The van der Waals surface area contributed by atoms with E-state index >= 15 is 0 Å². The lowest BCUT2D eigenvalue weighted by Gasteiger charge is -2.22. The van der Waals surface area contributed by atoms with E-state index in [2.05, 4.69) is 29.8 Å². The summed E-state index contributed by atoms with van der Waals surface area (Å²) in [5, 5.41) is 9.14. The molecule has 0 amide bonds. The molecule has 1 saturated heterocycles. The van der Waals surface area contributed by atoms with Crippen molar-refractivity contribution in [2.45, 2.75) is 36.5 Å². The Bertz CT molecular complexity index is 583. The zero-order chi connectivity index (χ0) is 15.0. The van der Waals surface area contributed by atoms with Gasteiger partial charge in [0, 0.05) is 28.5 Å². The summed E-state index contributed by atoms with van der Waals surface area (Å²) in [6, 6.07) is 1.56. The van der Waals surface area contributed by atoms with E-state index in [4.69, 9.17) is 5.11 Å². The van der Waals surface area contributed by atoms with E-state index in [1.165, 1.54) is 11.3 Å². The van der Waals surface area contributed by atoms with Crippen molar-refractivity contribution in [3.63, 3.8) is 0 Å². The molecule has 1 N–H and O–H groups in total. The third kappa shape index (κ3) is 3.59. The molecule has 0 unspecified atom stereocenters. The van der Waals surface area contributed by atoms with Gasteiger partial charge >= 0.3 is 0 Å². The fourth-order valence-electron chi connectivity index (χ4n) is 2.03. The highest BCUT2D eigenvalue weighted by Crippen LogP contribution is 2.36. The van der Waals surface area contributed by atoms with Gasteiger partial charge in [-0.05, 0) is 28.4 Å². The topological polar surface area (TPSA) is 57.6 Å². The highest BCUT2D eigenvalue weighted by molar-refractivity contribution is 9.11. The molecule has 2 rings (SSSR count). The molecule has 20 heavy (non-hydrogen) atoms. The Morgan fingerprint density at radius 1 is 1.45 bits per heavy atom. The molecule has 1 aliphatic heterocycles. The maximum atomic E-state index is 12.7. The molecular formula is C12H18BrNO3S3. The molecule has 0 saturated carbocycles. The minimum absolute atomic E-state index is 0.117. The number of thioether (sulfide) groups is 1. The number of thiophene rings is 1. The van der Waals surface area contributed by atoms with E-state index in [1.807, 2.05) is 11.8 Å². The second-order valence-corrected chi connectivity index (χ2v) is 11.4. The molecule has 1 aromatic rings. The number of hydrogen-bond acceptors (Lipinski definition) is 5. The summed E-state index contributed by atoms with van der Waals surface area (Å²) in [5.74, 6) is 0.806. The van der Waals surface area contributed by atoms with E-state index in [0.717, 1.165) is 12.2 Å². The number of aliphatic hydroxyl groups is 1. The first-order chi connectivity index (χ1) is 9.26. The van der Waals surface area contributed by atoms with Crippen LogP contribution in [0.4, 0.5) is 0 Å². The van der Waals surface area contributed by atoms with Gasteiger partial charge in [0.05, 0.1) is 10.4 Å². The number of rotatable bonds is 3. The van der Waals surface area contributed by atoms with E-state index < -0.39 is 10.0 Å². The summed E-state index contributed by atoms with van der Waals surface area (Å²) < 4.78 is 27.7. The molecule has 0 aromatic carbocycles. The van der Waals surface area contributed by atoms with Gasteiger partial charge in [0.25, 0.3) is 0 Å². The zero-order valence-electron chi connectivity index (χ0n) is 11.4. The van der Waals surface area contributed by atoms with Gasteiger partial charge in [0.15, 0.2) is 0 Å². The molecule has 0 bridgehead atoms. The van der Waals surface area contributed by atoms with Gasteiger partial charge in [-0.1, -0.05) is 13.8 Å². The van der Waals surface area contributed by atoms with Crippen LogP contribution in [0.15, 0.2) is 14.7 Å². The average molecular weight is 400 g/mol. The normalized spacial score (nSPS) is 20.8. The quantitative estimate of drug-likeness (QED) is 0.848. The molecule has 0 atom stereocenters. The molecule has 4 nitrogen and oxygen atoms in total. The van der Waals surface area contributed by atoms with Gasteiger partial charge < -0.3 is 5.11 Å². The highest BCUT2D eigenvalue weighted by Gasteiger charge is 2.32. The van der Waals surface area contributed by atoms with E-state index in [1.54, 1.807) is 10.4 Å². The SMILES string of the molecule is CC1(C)CCN(S(=O)(=O)c2cc(CO)sc2Br)CCS1. The highest BCUT2D eigenvalue weighted by atomic mass is 79.9. The summed E-state index contributed by atoms with van der Waals surface area (Å²) in [7, 11) is -3.48. The number of halogens is 1. The molecule has 0 spiro atoms. The Morgan fingerprint density at radius 3 is 2.75 bits per heavy atom. The monoisotopic (exact) mass is 399 g/mol. The second kappa shape index (κ2) is 6.26. The van der Waals surface area contributed by atoms with Gasteiger partial charge in [-0.15, -0.1) is 11.3 Å². The fraction of sp³-hybridized carbons (Fsp3) is 0.667. The van der Waals surface area contributed by atoms with Crippen molar-refractivity contribution < 1.29 is 13.5 Å². The molecule has 0 aliphatic carbocycles. The molecule has 0 radical (unpaired) electrons. The Balaban J connectivity index is 2.28. The van der Waals surface area contributed by atoms with Crippen molar-refractivity contribution in [3.05, 3.63) is 14.7 Å². The molecule has 1 aliphatic rings. The largest absolute Gasteiger partial charge is 0.391 e. The maximum absolute atomic E-state index is 12.7. The number of sulfonamides is 1. The Kier molecular flexibility index (Phi) is 5.24. The van der Waals surface area contributed by atoms with Crippen molar-refractivity contribution >= 4 is 49.1 Å². The maximum Gasteiger partial charge on any atom is 0.245 e. The van der Waals surface area contributed by atoms with Gasteiger partial charge in [0.1, 0.15) is 4.90 Å². The molecule has 2 heterocycles. The molecule has 1 fully saturated rings. The smallest absolute Gasteiger partial charge is 0.245 e. The third-order valence-corrected chi connectivity index (χ3v) is 8.78. The Hall–Kier alpha value is 0.400. The summed E-state index contributed by atoms with van der Waals surface area (Å²) in [6.45, 7) is 5.24. The molecular weight excluding hydrogens is 382 g/mol. The van der Waals surface area contributed by atoms with Gasteiger partial charge in [-0.3, -0.25) is 0 Å². The first-order valence-corrected chi connectivity index (χ1v) is 10.3. The number of nitrogens with zero attached hydrogens (tertiary/aromatic N) is 1. The summed E-state index contributed by atoms with van der Waals surface area (Å²) in [5.41, 5.74) is 0. The van der Waals surface area contributed by atoms with Crippen molar-refractivity contribution in [2.75, 3.05) is 18.8 Å². The van der Waals surface area contributed by atoms with E-state index in [0.29, 0.717) is 21.8 Å². The molecule has 114 valence electrons. The number of hydrogen-bond donors (Lipinski definition) is 1. The van der Waals surface area contributed by atoms with Gasteiger partial charge in [0.2, 0.25) is 10.0 Å². The predicted octanol–water partition coefficient (Wildman–Crippen LogP) is 2.91. The first kappa shape index (κ1) is 16.8. The predicted molar refractivity (Wildman–Crippen MR) is 87.9 cm³/mol. The minimum atomic E-state index is -3.48. The lowest BCUT2D eigenvalue weighted by atomic mass is 10.1. The summed E-state index contributed by atoms with van der Waals surface area (Å²) in [6.07, 6.45) is 0.839. The van der Waals surface area contributed by atoms with Crippen LogP contribution in [0.25, 0.3) is 0 Å². The van der Waals surface area contributed by atoms with Crippen molar-refractivity contribution in [3.8, 4) is 0 Å². The fourth-order valence-corrected chi connectivity index (χ4v) is 7.18. The van der Waals surface area contributed by atoms with Crippen molar-refractivity contribution in [2.24, 2.45) is 0 Å². The van der Waals surface area contributed by atoms with Crippen LogP contribution in [0.2, 0.25) is 0 Å². The van der Waals surface area contributed by atoms with Crippen molar-refractivity contribution in [1.82, 2.24) is 4.31 Å². The lowest BCUT2D eigenvalue weighted by Crippen LogP contribution is -2.33. The second-order valence-electron chi connectivity index (χ2n) is 5.27. The summed E-state index contributed by atoms with van der Waals surface area (Å²) in [4.78, 5) is 0.927. The molecule has 1 aromatic heterocycles. The first-order valence-electron chi connectivity index (χ1n) is 6.29. The van der Waals surface area contributed by atoms with Crippen LogP contribution in [-0.4, -0.2) is 41.4 Å². The minimum Gasteiger partial charge on any atom is -0.391 e. The van der Waals surface area contributed by atoms with Crippen LogP contribution in [0.3, 0.4) is 0 Å². The Labute approximate surface area is 136 Å². The van der Waals surface area contributed by atoms with E-state index in [9.17, 15) is 8.42 Å². The molecule has 8 heteroatoms. The van der Waals surface area contributed by atoms with Crippen LogP contribution < -0.4 is 0 Å². The van der Waals surface area contributed by atoms with Gasteiger partial charge in [-0.2, -0.15) is 16.1 Å². The van der Waals surface area contributed by atoms with Crippen LogP contribution in [0.1, 0.15) is 25.1 Å². The van der Waals surface area contributed by atoms with Crippen LogP contribution in [-0.2, 0) is 16.6 Å². The zero-order valence-corrected chi connectivity index (χ0v) is 15.5. The Morgan fingerprint density at radius 2 is 2.15 bits per heavy atom. The lowest BCUT2D eigenvalue weighted by molar-refractivity contribution is 0.285.